The van der Waals surface area contributed by atoms with Crippen LogP contribution in [0.25, 0.3) is 10.8 Å². The van der Waals surface area contributed by atoms with Crippen molar-refractivity contribution in [2.45, 2.75) is 13.0 Å². The Morgan fingerprint density at radius 2 is 1.85 bits per heavy atom. The monoisotopic (exact) mass is 347 g/mol. The van der Waals surface area contributed by atoms with Crippen molar-refractivity contribution < 1.29 is 9.72 Å². The van der Waals surface area contributed by atoms with Crippen molar-refractivity contribution in [3.05, 3.63) is 81.4 Å². The summed E-state index contributed by atoms with van der Waals surface area (Å²) in [6.07, 6.45) is 0.701. The Balaban J connectivity index is 1.70. The summed E-state index contributed by atoms with van der Waals surface area (Å²) >= 11 is 0. The Morgan fingerprint density at radius 3 is 2.62 bits per heavy atom. The van der Waals surface area contributed by atoms with E-state index in [0.717, 1.165) is 21.9 Å². The first-order valence-electron chi connectivity index (χ1n) is 8.39. The fourth-order valence-electron chi connectivity index (χ4n) is 3.40. The van der Waals surface area contributed by atoms with Gasteiger partial charge in [0.25, 0.3) is 11.6 Å². The largest absolute Gasteiger partial charge is 0.326 e. The van der Waals surface area contributed by atoms with Crippen molar-refractivity contribution in [2.75, 3.05) is 11.4 Å². The normalized spacial score (nSPS) is 13.0. The van der Waals surface area contributed by atoms with Crippen molar-refractivity contribution in [2.24, 2.45) is 5.73 Å². The molecule has 0 saturated heterocycles. The minimum atomic E-state index is -0.438. The van der Waals surface area contributed by atoms with Gasteiger partial charge in [-0.3, -0.25) is 14.9 Å². The Labute approximate surface area is 150 Å². The molecule has 4 rings (SSSR count). The zero-order chi connectivity index (χ0) is 18.3. The molecular weight excluding hydrogens is 330 g/mol. The number of anilines is 1. The summed E-state index contributed by atoms with van der Waals surface area (Å²) in [5.41, 5.74) is 8.86. The molecule has 0 saturated carbocycles. The summed E-state index contributed by atoms with van der Waals surface area (Å²) in [6.45, 7) is 0.999. The van der Waals surface area contributed by atoms with Crippen LogP contribution in [0.2, 0.25) is 0 Å². The average Bonchev–Trinajstić information content (AvgIpc) is 3.09. The van der Waals surface area contributed by atoms with E-state index < -0.39 is 4.92 Å². The molecule has 1 aliphatic heterocycles. The molecule has 3 aromatic rings. The summed E-state index contributed by atoms with van der Waals surface area (Å²) < 4.78 is 0. The number of nitro groups is 1. The number of hydrogen-bond donors (Lipinski definition) is 1. The fourth-order valence-corrected chi connectivity index (χ4v) is 3.40. The molecule has 130 valence electrons. The van der Waals surface area contributed by atoms with Crippen molar-refractivity contribution in [3.8, 4) is 0 Å². The molecule has 1 amide bonds. The maximum Gasteiger partial charge on any atom is 0.271 e. The molecule has 1 heterocycles. The lowest BCUT2D eigenvalue weighted by atomic mass is 10.0. The Morgan fingerprint density at radius 1 is 1.08 bits per heavy atom. The number of carbonyl (C=O) groups excluding carboxylic acids is 1. The third kappa shape index (κ3) is 2.70. The number of fused-ring (bicyclic) bond motifs is 2. The molecule has 0 unspecified atom stereocenters. The molecule has 2 N–H and O–H groups in total. The first kappa shape index (κ1) is 16.2. The minimum absolute atomic E-state index is 0.00345. The van der Waals surface area contributed by atoms with E-state index in [1.54, 1.807) is 17.0 Å². The third-order valence-corrected chi connectivity index (χ3v) is 4.81. The van der Waals surface area contributed by atoms with Crippen molar-refractivity contribution in [1.29, 1.82) is 0 Å². The van der Waals surface area contributed by atoms with E-state index in [1.165, 1.54) is 12.1 Å². The quantitative estimate of drug-likeness (QED) is 0.581. The molecule has 0 spiro atoms. The molecule has 1 aliphatic rings. The summed E-state index contributed by atoms with van der Waals surface area (Å²) in [5, 5.41) is 13.0. The van der Waals surface area contributed by atoms with Crippen LogP contribution in [0.3, 0.4) is 0 Å². The van der Waals surface area contributed by atoms with Gasteiger partial charge in [-0.05, 0) is 46.5 Å². The molecule has 6 heteroatoms. The second-order valence-electron chi connectivity index (χ2n) is 6.38. The smallest absolute Gasteiger partial charge is 0.271 e. The highest BCUT2D eigenvalue weighted by molar-refractivity contribution is 6.09. The zero-order valence-electron chi connectivity index (χ0n) is 14.0. The number of hydrogen-bond acceptors (Lipinski definition) is 4. The van der Waals surface area contributed by atoms with Crippen LogP contribution in [0.5, 0.6) is 0 Å². The Hall–Kier alpha value is -3.25. The highest BCUT2D eigenvalue weighted by Crippen LogP contribution is 2.33. The van der Waals surface area contributed by atoms with Gasteiger partial charge in [0.2, 0.25) is 0 Å². The molecule has 0 fully saturated rings. The lowest BCUT2D eigenvalue weighted by Gasteiger charge is -2.17. The van der Waals surface area contributed by atoms with Crippen LogP contribution < -0.4 is 10.6 Å². The maximum atomic E-state index is 13.0. The number of non-ortho nitro benzene ring substituents is 1. The fraction of sp³-hybridized carbons (Fsp3) is 0.150. The first-order chi connectivity index (χ1) is 12.6. The van der Waals surface area contributed by atoms with Crippen LogP contribution in [0, 0.1) is 10.1 Å². The molecule has 0 atom stereocenters. The van der Waals surface area contributed by atoms with E-state index in [1.807, 2.05) is 30.3 Å². The van der Waals surface area contributed by atoms with Crippen molar-refractivity contribution in [1.82, 2.24) is 0 Å². The summed E-state index contributed by atoms with van der Waals surface area (Å²) in [6, 6.07) is 16.2. The molecule has 26 heavy (non-hydrogen) atoms. The standard InChI is InChI=1S/C20H17N3O3/c21-12-13-1-2-16-10-17(4-3-15(16)9-13)20(24)22-8-7-14-5-6-18(23(25)26)11-19(14)22/h1-6,9-11H,7-8,12,21H2. The SMILES string of the molecule is NCc1ccc2cc(C(=O)N3CCc4ccc([N+](=O)[O-])cc43)ccc2c1. The second kappa shape index (κ2) is 6.24. The van der Waals surface area contributed by atoms with E-state index >= 15 is 0 Å². The molecule has 0 radical (unpaired) electrons. The van der Waals surface area contributed by atoms with Gasteiger partial charge in [0.1, 0.15) is 0 Å². The summed E-state index contributed by atoms with van der Waals surface area (Å²) in [7, 11) is 0. The van der Waals surface area contributed by atoms with Gasteiger partial charge in [-0.1, -0.05) is 24.3 Å². The number of amides is 1. The zero-order valence-corrected chi connectivity index (χ0v) is 14.0. The van der Waals surface area contributed by atoms with E-state index in [4.69, 9.17) is 5.73 Å². The predicted octanol–water partition coefficient (Wildman–Crippen LogP) is 3.41. The molecule has 0 bridgehead atoms. The lowest BCUT2D eigenvalue weighted by molar-refractivity contribution is -0.384. The van der Waals surface area contributed by atoms with E-state index in [2.05, 4.69) is 0 Å². The number of rotatable bonds is 3. The van der Waals surface area contributed by atoms with Crippen molar-refractivity contribution >= 4 is 28.1 Å². The third-order valence-electron chi connectivity index (χ3n) is 4.81. The van der Waals surface area contributed by atoms with Gasteiger partial charge in [0, 0.05) is 30.8 Å². The van der Waals surface area contributed by atoms with Gasteiger partial charge in [-0.15, -0.1) is 0 Å². The van der Waals surface area contributed by atoms with Gasteiger partial charge in [0.05, 0.1) is 10.6 Å². The predicted molar refractivity (Wildman–Crippen MR) is 100 cm³/mol. The maximum absolute atomic E-state index is 13.0. The van der Waals surface area contributed by atoms with Crippen LogP contribution in [-0.2, 0) is 13.0 Å². The highest BCUT2D eigenvalue weighted by Gasteiger charge is 2.27. The van der Waals surface area contributed by atoms with Gasteiger partial charge in [-0.25, -0.2) is 0 Å². The average molecular weight is 347 g/mol. The van der Waals surface area contributed by atoms with Gasteiger partial charge in [0.15, 0.2) is 0 Å². The summed E-state index contributed by atoms with van der Waals surface area (Å²) in [5.74, 6) is -0.144. The number of nitro benzene ring substituents is 1. The van der Waals surface area contributed by atoms with E-state index in [9.17, 15) is 14.9 Å². The molecule has 3 aromatic carbocycles. The van der Waals surface area contributed by atoms with Crippen molar-refractivity contribution in [3.63, 3.8) is 0 Å². The van der Waals surface area contributed by atoms with Crippen LogP contribution in [-0.4, -0.2) is 17.4 Å². The number of benzene rings is 3. The van der Waals surface area contributed by atoms with E-state index in [-0.39, 0.29) is 11.6 Å². The van der Waals surface area contributed by atoms with E-state index in [0.29, 0.717) is 30.8 Å². The molecular formula is C20H17N3O3. The molecule has 0 aromatic heterocycles. The number of nitrogens with zero attached hydrogens (tertiary/aromatic N) is 2. The van der Waals surface area contributed by atoms with Gasteiger partial charge >= 0.3 is 0 Å². The van der Waals surface area contributed by atoms with Crippen LogP contribution in [0.15, 0.2) is 54.6 Å². The van der Waals surface area contributed by atoms with Gasteiger partial charge < -0.3 is 10.6 Å². The van der Waals surface area contributed by atoms with Gasteiger partial charge in [-0.2, -0.15) is 0 Å². The Bertz CT molecular complexity index is 1050. The van der Waals surface area contributed by atoms with Crippen LogP contribution in [0.1, 0.15) is 21.5 Å². The molecule has 6 nitrogen and oxygen atoms in total. The number of nitrogens with two attached hydrogens (primary N) is 1. The summed E-state index contributed by atoms with van der Waals surface area (Å²) in [4.78, 5) is 25.2. The lowest BCUT2D eigenvalue weighted by Crippen LogP contribution is -2.28. The minimum Gasteiger partial charge on any atom is -0.326 e. The topological polar surface area (TPSA) is 89.5 Å². The Kier molecular flexibility index (Phi) is 3.89. The van der Waals surface area contributed by atoms with Crippen LogP contribution in [0.4, 0.5) is 11.4 Å². The van der Waals surface area contributed by atoms with Crippen LogP contribution >= 0.6 is 0 Å². The first-order valence-corrected chi connectivity index (χ1v) is 8.39. The second-order valence-corrected chi connectivity index (χ2v) is 6.38. The highest BCUT2D eigenvalue weighted by atomic mass is 16.6. The number of carbonyl (C=O) groups is 1. The molecule has 0 aliphatic carbocycles.